The van der Waals surface area contributed by atoms with Crippen molar-refractivity contribution in [2.24, 2.45) is 0 Å². The molecule has 3 heterocycles. The molecule has 9 nitrogen and oxygen atoms in total. The molecule has 6 rings (SSSR count). The second kappa shape index (κ2) is 13.6. The number of likely N-dealkylation sites (N-methyl/N-ethyl adjacent to an activating group) is 2. The van der Waals surface area contributed by atoms with E-state index in [1.165, 1.54) is 5.56 Å². The molecule has 40 heavy (non-hydrogen) atoms. The fraction of sp³-hybridized carbons (Fsp3) is 0.548. The van der Waals surface area contributed by atoms with E-state index >= 15 is 0 Å². The summed E-state index contributed by atoms with van der Waals surface area (Å²) in [6, 6.07) is 5.96. The maximum atomic E-state index is 12.9. The number of aryl methyl sites for hydroxylation is 1. The van der Waals surface area contributed by atoms with Crippen LogP contribution in [-0.4, -0.2) is 93.4 Å². The Morgan fingerprint density at radius 1 is 1.02 bits per heavy atom. The van der Waals surface area contributed by atoms with Gasteiger partial charge in [0.05, 0.1) is 61.1 Å². The molecule has 1 saturated heterocycles. The van der Waals surface area contributed by atoms with Gasteiger partial charge in [0.25, 0.3) is 11.8 Å². The van der Waals surface area contributed by atoms with Gasteiger partial charge >= 0.3 is 0 Å². The summed E-state index contributed by atoms with van der Waals surface area (Å²) in [7, 11) is 5.83. The monoisotopic (exact) mass is 552 g/mol. The predicted octanol–water partition coefficient (Wildman–Crippen LogP) is 4.08. The minimum Gasteiger partial charge on any atom is -0.496 e. The molecular formula is C31H44N4O5. The van der Waals surface area contributed by atoms with Crippen LogP contribution in [0.25, 0.3) is 21.8 Å². The van der Waals surface area contributed by atoms with Crippen molar-refractivity contribution in [3.05, 3.63) is 40.5 Å². The molecular weight excluding hydrogens is 508 g/mol. The number of benzene rings is 2. The van der Waals surface area contributed by atoms with Crippen LogP contribution in [0.2, 0.25) is 0 Å². The zero-order valence-corrected chi connectivity index (χ0v) is 24.9. The van der Waals surface area contributed by atoms with Crippen LogP contribution in [0.3, 0.4) is 0 Å². The average Bonchev–Trinajstić information content (AvgIpc) is 3.65. The number of methoxy groups -OCH3 is 1. The lowest BCUT2D eigenvalue weighted by molar-refractivity contribution is 0.0503. The third-order valence-corrected chi connectivity index (χ3v) is 7.70. The first-order valence-corrected chi connectivity index (χ1v) is 14.5. The Morgan fingerprint density at radius 3 is 2.38 bits per heavy atom. The molecule has 0 spiro atoms. The smallest absolute Gasteiger partial charge is 0.259 e. The summed E-state index contributed by atoms with van der Waals surface area (Å²) in [6.45, 7) is 12.8. The van der Waals surface area contributed by atoms with Gasteiger partial charge in [0, 0.05) is 31.6 Å². The minimum absolute atomic E-state index is 0.273. The van der Waals surface area contributed by atoms with Gasteiger partial charge in [0.2, 0.25) is 0 Å². The lowest BCUT2D eigenvalue weighted by Crippen LogP contribution is -2.32. The highest BCUT2D eigenvalue weighted by molar-refractivity contribution is 6.32. The standard InChI is InChI=1S/C24H27N3O4.C5H11NO.C2H6/c1-4-31-12-11-26(2)13-27-16-9-6-10-17(30-3)19(16)20-21-18(23(28)25-24(21)29)14-7-5-8-15(14)22(20)27;1-6-2-4-7-5-3-6;1-2/h6,9-10H,4-5,7-8,11-13H2,1-3H3,(H,25,28,29);2-5H2,1H3;1-2H3. The number of ether oxygens (including phenoxy) is 3. The van der Waals surface area contributed by atoms with Crippen molar-refractivity contribution in [1.82, 2.24) is 19.7 Å². The third kappa shape index (κ3) is 5.74. The summed E-state index contributed by atoms with van der Waals surface area (Å²) in [4.78, 5) is 30.1. The summed E-state index contributed by atoms with van der Waals surface area (Å²) in [5.74, 6) is 0.129. The molecule has 0 radical (unpaired) electrons. The number of hydrogen-bond acceptors (Lipinski definition) is 7. The molecule has 218 valence electrons. The summed E-state index contributed by atoms with van der Waals surface area (Å²) in [5.41, 5.74) is 5.36. The number of amides is 2. The van der Waals surface area contributed by atoms with Gasteiger partial charge in [-0.3, -0.25) is 19.8 Å². The van der Waals surface area contributed by atoms with Crippen LogP contribution in [-0.2, 0) is 29.0 Å². The average molecular weight is 553 g/mol. The van der Waals surface area contributed by atoms with E-state index in [0.717, 1.165) is 79.5 Å². The van der Waals surface area contributed by atoms with Crippen molar-refractivity contribution in [3.8, 4) is 5.75 Å². The normalized spacial score (nSPS) is 16.4. The number of rotatable bonds is 7. The van der Waals surface area contributed by atoms with Gasteiger partial charge < -0.3 is 23.7 Å². The van der Waals surface area contributed by atoms with E-state index in [1.54, 1.807) is 7.11 Å². The molecule has 2 aromatic carbocycles. The van der Waals surface area contributed by atoms with Crippen molar-refractivity contribution in [3.63, 3.8) is 0 Å². The summed E-state index contributed by atoms with van der Waals surface area (Å²) in [5, 5.41) is 4.27. The molecule has 1 fully saturated rings. The van der Waals surface area contributed by atoms with E-state index in [4.69, 9.17) is 14.2 Å². The number of hydrogen-bond donors (Lipinski definition) is 1. The number of imide groups is 1. The molecule has 2 aliphatic heterocycles. The zero-order chi connectivity index (χ0) is 28.8. The second-order valence-electron chi connectivity index (χ2n) is 10.2. The van der Waals surface area contributed by atoms with Gasteiger partial charge in [0.1, 0.15) is 5.75 Å². The van der Waals surface area contributed by atoms with Crippen LogP contribution >= 0.6 is 0 Å². The van der Waals surface area contributed by atoms with Gasteiger partial charge in [-0.2, -0.15) is 0 Å². The maximum absolute atomic E-state index is 12.9. The first-order valence-electron chi connectivity index (χ1n) is 14.5. The Hall–Kier alpha value is -2.98. The van der Waals surface area contributed by atoms with Crippen LogP contribution in [0.4, 0.5) is 0 Å². The Balaban J connectivity index is 0.000000355. The molecule has 1 aromatic heterocycles. The van der Waals surface area contributed by atoms with Crippen LogP contribution in [0, 0.1) is 0 Å². The van der Waals surface area contributed by atoms with Gasteiger partial charge in [-0.25, -0.2) is 0 Å². The fourth-order valence-corrected chi connectivity index (χ4v) is 5.84. The topological polar surface area (TPSA) is 85.3 Å². The molecule has 9 heteroatoms. The molecule has 0 atom stereocenters. The summed E-state index contributed by atoms with van der Waals surface area (Å²) in [6.07, 6.45) is 2.72. The van der Waals surface area contributed by atoms with Gasteiger partial charge in [0.15, 0.2) is 0 Å². The number of carbonyl (C=O) groups excluding carboxylic acids is 2. The quantitative estimate of drug-likeness (QED) is 0.349. The highest BCUT2D eigenvalue weighted by Gasteiger charge is 2.38. The fourth-order valence-electron chi connectivity index (χ4n) is 5.84. The van der Waals surface area contributed by atoms with E-state index in [9.17, 15) is 9.59 Å². The van der Waals surface area contributed by atoms with E-state index in [1.807, 2.05) is 32.9 Å². The number of fused-ring (bicyclic) bond motifs is 8. The third-order valence-electron chi connectivity index (χ3n) is 7.70. The Morgan fingerprint density at radius 2 is 1.73 bits per heavy atom. The van der Waals surface area contributed by atoms with Gasteiger partial charge in [-0.1, -0.05) is 19.9 Å². The molecule has 3 aliphatic rings. The number of nitrogens with one attached hydrogen (secondary N) is 1. The van der Waals surface area contributed by atoms with Crippen LogP contribution in [0.1, 0.15) is 59.0 Å². The van der Waals surface area contributed by atoms with Crippen molar-refractivity contribution < 1.29 is 23.8 Å². The molecule has 0 bridgehead atoms. The van der Waals surface area contributed by atoms with E-state index in [2.05, 4.69) is 39.8 Å². The number of carbonyl (C=O) groups is 2. The lowest BCUT2D eigenvalue weighted by Gasteiger charge is -2.21. The van der Waals surface area contributed by atoms with Crippen molar-refractivity contribution in [2.75, 3.05) is 67.3 Å². The number of aromatic nitrogens is 1. The van der Waals surface area contributed by atoms with Crippen LogP contribution in [0.15, 0.2) is 18.2 Å². The minimum atomic E-state index is -0.311. The zero-order valence-electron chi connectivity index (χ0n) is 24.9. The molecule has 0 saturated carbocycles. The van der Waals surface area contributed by atoms with E-state index in [0.29, 0.717) is 36.8 Å². The maximum Gasteiger partial charge on any atom is 0.259 e. The van der Waals surface area contributed by atoms with E-state index < -0.39 is 0 Å². The SMILES string of the molecule is CC.CCOCCN(C)Cn1c2cccc(OC)c2c2c3c(c4c(c21)CCC4)C(=O)NC3=O.CN1CCOCC1. The van der Waals surface area contributed by atoms with Gasteiger partial charge in [-0.15, -0.1) is 0 Å². The van der Waals surface area contributed by atoms with E-state index in [-0.39, 0.29) is 11.8 Å². The largest absolute Gasteiger partial charge is 0.496 e. The molecule has 2 amide bonds. The number of morpholine rings is 1. The summed E-state index contributed by atoms with van der Waals surface area (Å²) >= 11 is 0. The van der Waals surface area contributed by atoms with Crippen molar-refractivity contribution >= 4 is 33.6 Å². The van der Waals surface area contributed by atoms with Crippen molar-refractivity contribution in [2.45, 2.75) is 46.7 Å². The molecule has 0 unspecified atom stereocenters. The van der Waals surface area contributed by atoms with Gasteiger partial charge in [-0.05, 0) is 63.5 Å². The predicted molar refractivity (Wildman–Crippen MR) is 159 cm³/mol. The highest BCUT2D eigenvalue weighted by atomic mass is 16.5. The Bertz CT molecular complexity index is 1360. The van der Waals surface area contributed by atoms with Crippen molar-refractivity contribution in [1.29, 1.82) is 0 Å². The highest BCUT2D eigenvalue weighted by Crippen LogP contribution is 2.45. The van der Waals surface area contributed by atoms with Crippen LogP contribution in [0.5, 0.6) is 5.75 Å². The first-order chi connectivity index (χ1) is 19.5. The number of nitrogens with zero attached hydrogens (tertiary/aromatic N) is 3. The molecule has 3 aromatic rings. The molecule has 1 aliphatic carbocycles. The van der Waals surface area contributed by atoms with Crippen LogP contribution < -0.4 is 10.1 Å². The summed E-state index contributed by atoms with van der Waals surface area (Å²) < 4.78 is 18.6. The Labute approximate surface area is 237 Å². The Kier molecular flexibility index (Phi) is 10.2. The first kappa shape index (κ1) is 30.0. The lowest BCUT2D eigenvalue weighted by atomic mass is 9.93. The second-order valence-corrected chi connectivity index (χ2v) is 10.2. The molecule has 1 N–H and O–H groups in total.